The van der Waals surface area contributed by atoms with Crippen LogP contribution < -0.4 is 15.4 Å². The maximum absolute atomic E-state index is 12.5. The number of nitrogens with one attached hydrogen (secondary N) is 2. The zero-order chi connectivity index (χ0) is 19.1. The van der Waals surface area contributed by atoms with Crippen LogP contribution in [0, 0.1) is 11.8 Å². The van der Waals surface area contributed by atoms with Crippen LogP contribution in [0.25, 0.3) is 0 Å². The van der Waals surface area contributed by atoms with Crippen LogP contribution in [0.2, 0.25) is 0 Å². The predicted molar refractivity (Wildman–Crippen MR) is 104 cm³/mol. The van der Waals surface area contributed by atoms with Gasteiger partial charge in [-0.25, -0.2) is 0 Å². The average Bonchev–Trinajstić information content (AvgIpc) is 2.63. The van der Waals surface area contributed by atoms with E-state index in [1.165, 1.54) is 17.7 Å². The van der Waals surface area contributed by atoms with E-state index in [0.717, 1.165) is 13.1 Å². The van der Waals surface area contributed by atoms with Gasteiger partial charge in [-0.15, -0.1) is 0 Å². The van der Waals surface area contributed by atoms with Crippen molar-refractivity contribution in [1.82, 2.24) is 10.2 Å². The Morgan fingerprint density at radius 3 is 2.77 bits per heavy atom. The van der Waals surface area contributed by atoms with E-state index in [9.17, 15) is 9.59 Å². The Morgan fingerprint density at radius 2 is 2.15 bits per heavy atom. The van der Waals surface area contributed by atoms with Crippen molar-refractivity contribution in [1.29, 1.82) is 0 Å². The Morgan fingerprint density at radius 1 is 1.38 bits per heavy atom. The van der Waals surface area contributed by atoms with E-state index in [-0.39, 0.29) is 11.8 Å². The number of benzene rings is 1. The highest BCUT2D eigenvalue weighted by molar-refractivity contribution is 5.97. The van der Waals surface area contributed by atoms with Gasteiger partial charge in [0.25, 0.3) is 5.91 Å². The SMILES string of the molecule is CCOc1cc(C(=O)N(C)C)ccc1NC(=O)CC(C)C1CCCNC1. The van der Waals surface area contributed by atoms with Gasteiger partial charge in [0.1, 0.15) is 5.75 Å². The highest BCUT2D eigenvalue weighted by atomic mass is 16.5. The second-order valence-electron chi connectivity index (χ2n) is 7.18. The van der Waals surface area contributed by atoms with Gasteiger partial charge in [-0.3, -0.25) is 9.59 Å². The average molecular weight is 361 g/mol. The molecule has 0 bridgehead atoms. The van der Waals surface area contributed by atoms with E-state index in [1.54, 1.807) is 32.3 Å². The zero-order valence-corrected chi connectivity index (χ0v) is 16.3. The lowest BCUT2D eigenvalue weighted by Crippen LogP contribution is -2.34. The van der Waals surface area contributed by atoms with Crippen molar-refractivity contribution in [2.75, 3.05) is 39.1 Å². The van der Waals surface area contributed by atoms with Crippen LogP contribution in [-0.2, 0) is 4.79 Å². The summed E-state index contributed by atoms with van der Waals surface area (Å²) < 4.78 is 5.63. The number of nitrogens with zero attached hydrogens (tertiary/aromatic N) is 1. The van der Waals surface area contributed by atoms with Crippen molar-refractivity contribution in [3.05, 3.63) is 23.8 Å². The molecule has 1 aromatic carbocycles. The smallest absolute Gasteiger partial charge is 0.253 e. The van der Waals surface area contributed by atoms with E-state index < -0.39 is 0 Å². The molecule has 2 amide bonds. The van der Waals surface area contributed by atoms with Gasteiger partial charge in [0, 0.05) is 26.1 Å². The second-order valence-corrected chi connectivity index (χ2v) is 7.18. The summed E-state index contributed by atoms with van der Waals surface area (Å²) >= 11 is 0. The molecule has 2 atom stereocenters. The molecule has 26 heavy (non-hydrogen) atoms. The fraction of sp³-hybridized carbons (Fsp3) is 0.600. The molecule has 1 aliphatic rings. The summed E-state index contributed by atoms with van der Waals surface area (Å²) in [6, 6.07) is 5.15. The van der Waals surface area contributed by atoms with Gasteiger partial charge < -0.3 is 20.3 Å². The number of amides is 2. The molecule has 0 spiro atoms. The Bertz CT molecular complexity index is 625. The monoisotopic (exact) mass is 361 g/mol. The maximum atomic E-state index is 12.5. The number of hydrogen-bond donors (Lipinski definition) is 2. The minimum absolute atomic E-state index is 0.0179. The largest absolute Gasteiger partial charge is 0.492 e. The van der Waals surface area contributed by atoms with E-state index in [4.69, 9.17) is 4.74 Å². The quantitative estimate of drug-likeness (QED) is 0.783. The van der Waals surface area contributed by atoms with Crippen molar-refractivity contribution in [2.45, 2.75) is 33.1 Å². The minimum atomic E-state index is -0.0951. The zero-order valence-electron chi connectivity index (χ0n) is 16.3. The molecule has 1 heterocycles. The standard InChI is InChI=1S/C20H31N3O3/c1-5-26-18-12-15(20(25)23(3)4)8-9-17(18)22-19(24)11-14(2)16-7-6-10-21-13-16/h8-9,12,14,16,21H,5-7,10-11,13H2,1-4H3,(H,22,24). The molecule has 2 N–H and O–H groups in total. The van der Waals surface area contributed by atoms with Crippen molar-refractivity contribution < 1.29 is 14.3 Å². The Labute approximate surface area is 156 Å². The fourth-order valence-corrected chi connectivity index (χ4v) is 3.32. The van der Waals surface area contributed by atoms with Crippen molar-refractivity contribution >= 4 is 17.5 Å². The number of rotatable bonds is 7. The summed E-state index contributed by atoms with van der Waals surface area (Å²) in [5, 5.41) is 6.35. The summed E-state index contributed by atoms with van der Waals surface area (Å²) in [7, 11) is 3.42. The van der Waals surface area contributed by atoms with Crippen LogP contribution in [0.5, 0.6) is 5.75 Å². The van der Waals surface area contributed by atoms with Gasteiger partial charge in [-0.1, -0.05) is 6.92 Å². The van der Waals surface area contributed by atoms with Crippen LogP contribution in [0.4, 0.5) is 5.69 Å². The van der Waals surface area contributed by atoms with Gasteiger partial charge >= 0.3 is 0 Å². The van der Waals surface area contributed by atoms with Crippen molar-refractivity contribution in [2.24, 2.45) is 11.8 Å². The summed E-state index contributed by atoms with van der Waals surface area (Å²) in [5.41, 5.74) is 1.15. The lowest BCUT2D eigenvalue weighted by atomic mass is 9.85. The summed E-state index contributed by atoms with van der Waals surface area (Å²) in [6.45, 7) is 6.54. The van der Waals surface area contributed by atoms with Crippen molar-refractivity contribution in [3.63, 3.8) is 0 Å². The van der Waals surface area contributed by atoms with Gasteiger partial charge in [-0.2, -0.15) is 0 Å². The van der Waals surface area contributed by atoms with Gasteiger partial charge in [0.15, 0.2) is 0 Å². The van der Waals surface area contributed by atoms with E-state index in [2.05, 4.69) is 17.6 Å². The molecule has 0 radical (unpaired) electrons. The number of anilines is 1. The first-order valence-corrected chi connectivity index (χ1v) is 9.41. The fourth-order valence-electron chi connectivity index (χ4n) is 3.32. The summed E-state index contributed by atoms with van der Waals surface area (Å²) in [5.74, 6) is 1.28. The highest BCUT2D eigenvalue weighted by Gasteiger charge is 2.22. The van der Waals surface area contributed by atoms with Gasteiger partial charge in [-0.05, 0) is 62.9 Å². The third kappa shape index (κ3) is 5.46. The highest BCUT2D eigenvalue weighted by Crippen LogP contribution is 2.28. The van der Waals surface area contributed by atoms with Crippen LogP contribution in [0.15, 0.2) is 18.2 Å². The van der Waals surface area contributed by atoms with E-state index >= 15 is 0 Å². The molecule has 6 nitrogen and oxygen atoms in total. The third-order valence-electron chi connectivity index (χ3n) is 4.86. The Hall–Kier alpha value is -2.08. The molecule has 1 aliphatic heterocycles. The van der Waals surface area contributed by atoms with Crippen LogP contribution >= 0.6 is 0 Å². The lowest BCUT2D eigenvalue weighted by Gasteiger charge is -2.28. The molecule has 0 aliphatic carbocycles. The number of hydrogen-bond acceptors (Lipinski definition) is 4. The molecule has 1 fully saturated rings. The molecule has 0 aromatic heterocycles. The molecule has 1 aromatic rings. The van der Waals surface area contributed by atoms with Crippen LogP contribution in [0.1, 0.15) is 43.5 Å². The van der Waals surface area contributed by atoms with E-state index in [0.29, 0.717) is 41.9 Å². The molecule has 0 saturated carbocycles. The first-order chi connectivity index (χ1) is 12.4. The molecule has 144 valence electrons. The molecular formula is C20H31N3O3. The minimum Gasteiger partial charge on any atom is -0.492 e. The normalized spacial score (nSPS) is 18.1. The second kappa shape index (κ2) is 9.57. The number of carbonyl (C=O) groups is 2. The lowest BCUT2D eigenvalue weighted by molar-refractivity contribution is -0.117. The Kier molecular flexibility index (Phi) is 7.45. The topological polar surface area (TPSA) is 70.7 Å². The predicted octanol–water partition coefficient (Wildman–Crippen LogP) is 2.75. The summed E-state index contributed by atoms with van der Waals surface area (Å²) in [4.78, 5) is 26.1. The van der Waals surface area contributed by atoms with Crippen LogP contribution in [0.3, 0.4) is 0 Å². The first kappa shape index (κ1) is 20.2. The summed E-state index contributed by atoms with van der Waals surface area (Å²) in [6.07, 6.45) is 2.83. The number of carbonyl (C=O) groups excluding carboxylic acids is 2. The van der Waals surface area contributed by atoms with Gasteiger partial charge in [0.05, 0.1) is 12.3 Å². The van der Waals surface area contributed by atoms with Gasteiger partial charge in [0.2, 0.25) is 5.91 Å². The number of piperidine rings is 1. The molecule has 2 unspecified atom stereocenters. The molecule has 1 saturated heterocycles. The van der Waals surface area contributed by atoms with Crippen molar-refractivity contribution in [3.8, 4) is 5.75 Å². The molecule has 2 rings (SSSR count). The third-order valence-corrected chi connectivity index (χ3v) is 4.86. The van der Waals surface area contributed by atoms with Crippen LogP contribution in [-0.4, -0.2) is 50.5 Å². The molecule has 6 heteroatoms. The first-order valence-electron chi connectivity index (χ1n) is 9.41. The molecular weight excluding hydrogens is 330 g/mol. The van der Waals surface area contributed by atoms with E-state index in [1.807, 2.05) is 6.92 Å². The number of ether oxygens (including phenoxy) is 1. The Balaban J connectivity index is 2.04. The maximum Gasteiger partial charge on any atom is 0.253 e.